The fourth-order valence-electron chi connectivity index (χ4n) is 0.969. The van der Waals surface area contributed by atoms with Gasteiger partial charge in [0.1, 0.15) is 10.2 Å². The second-order valence-corrected chi connectivity index (χ2v) is 4.16. The maximum Gasteiger partial charge on any atom is 0.137 e. The van der Waals surface area contributed by atoms with Crippen LogP contribution in [0.3, 0.4) is 0 Å². The van der Waals surface area contributed by atoms with Crippen LogP contribution >= 0.6 is 0 Å². The second kappa shape index (κ2) is 2.86. The predicted molar refractivity (Wildman–Crippen MR) is 39.0 cm³/mol. The SMILES string of the molecule is CC(C)N1CC[N-]S1(=O)=O.[Rf]. The third-order valence-electron chi connectivity index (χ3n) is 1.45. The van der Waals surface area contributed by atoms with Crippen molar-refractivity contribution in [1.82, 2.24) is 4.31 Å². The van der Waals surface area contributed by atoms with Crippen molar-refractivity contribution in [1.29, 1.82) is 0 Å². The summed E-state index contributed by atoms with van der Waals surface area (Å²) in [6, 6.07) is 0.0382. The first kappa shape index (κ1) is 9.87. The van der Waals surface area contributed by atoms with Crippen molar-refractivity contribution in [2.45, 2.75) is 19.9 Å². The van der Waals surface area contributed by atoms with Crippen LogP contribution in [0.4, 0.5) is 0 Å². The molecule has 1 saturated heterocycles. The Kier molecular flexibility index (Phi) is 2.56. The molecule has 6 heteroatoms. The first-order chi connectivity index (χ1) is 4.54. The Morgan fingerprint density at radius 1 is 1.45 bits per heavy atom. The summed E-state index contributed by atoms with van der Waals surface area (Å²) in [5, 5.41) is 0. The standard InChI is InChI=1S/C5H11N2O2S.Rf/c1-5(2)7-4-3-6-10(7,8)9;/h5H,3-4H2,1-2H3;/q-1;. The van der Waals surface area contributed by atoms with Crippen LogP contribution in [0.5, 0.6) is 0 Å². The van der Waals surface area contributed by atoms with Crippen LogP contribution < -0.4 is 0 Å². The molecule has 0 N–H and O–H groups in total. The van der Waals surface area contributed by atoms with Crippen molar-refractivity contribution in [3.05, 3.63) is 4.72 Å². The predicted octanol–water partition coefficient (Wildman–Crippen LogP) is 0.329. The second-order valence-electron chi connectivity index (χ2n) is 2.53. The summed E-state index contributed by atoms with van der Waals surface area (Å²) in [5.74, 6) is 0. The molecule has 0 aliphatic carbocycles. The van der Waals surface area contributed by atoms with E-state index >= 15 is 0 Å². The summed E-state index contributed by atoms with van der Waals surface area (Å²) >= 11 is 0. The average molecular weight is 430 g/mol. The van der Waals surface area contributed by atoms with Crippen LogP contribution in [0.15, 0.2) is 0 Å². The van der Waals surface area contributed by atoms with Gasteiger partial charge in [-0.3, -0.25) is 0 Å². The Bertz CT molecular complexity index is 215. The Hall–Kier alpha value is -1.13. The molecule has 0 radical (unpaired) electrons. The minimum atomic E-state index is -3.23. The molecule has 0 atom stereocenters. The Balaban J connectivity index is 0.000001000. The fraction of sp³-hybridized carbons (Fsp3) is 1.00. The van der Waals surface area contributed by atoms with E-state index in [-0.39, 0.29) is 6.04 Å². The van der Waals surface area contributed by atoms with Crippen molar-refractivity contribution in [3.8, 4) is 0 Å². The van der Waals surface area contributed by atoms with E-state index in [2.05, 4.69) is 4.72 Å². The number of hydrogen-bond donors (Lipinski definition) is 0. The van der Waals surface area contributed by atoms with E-state index in [1.54, 1.807) is 0 Å². The van der Waals surface area contributed by atoms with Gasteiger partial charge in [-0.25, -0.2) is 12.7 Å². The monoisotopic (exact) mass is 430 g/mol. The molecular weight excluding hydrogens is 419 g/mol. The third kappa shape index (κ3) is 1.66. The van der Waals surface area contributed by atoms with E-state index in [9.17, 15) is 8.42 Å². The van der Waals surface area contributed by atoms with Crippen LogP contribution in [0.1, 0.15) is 13.8 Å². The maximum absolute atomic E-state index is 11.0. The fourth-order valence-corrected chi connectivity index (χ4v) is 2.27. The third-order valence-corrected chi connectivity index (χ3v) is 3.15. The number of hydrogen-bond acceptors (Lipinski definition) is 2. The molecule has 1 heterocycles. The van der Waals surface area contributed by atoms with Crippen LogP contribution in [0, 0.1) is 0 Å². The van der Waals surface area contributed by atoms with E-state index in [4.69, 9.17) is 0 Å². The molecule has 0 aromatic carbocycles. The molecule has 0 amide bonds. The van der Waals surface area contributed by atoms with E-state index in [0.29, 0.717) is 13.1 Å². The van der Waals surface area contributed by atoms with Gasteiger partial charge in [0.15, 0.2) is 0 Å². The quantitative estimate of drug-likeness (QED) is 0.603. The Labute approximate surface area is 61.4 Å². The average Bonchev–Trinajstić information content (AvgIpc) is 2.08. The van der Waals surface area contributed by atoms with E-state index in [1.165, 1.54) is 4.31 Å². The van der Waals surface area contributed by atoms with Gasteiger partial charge < -0.3 is 4.72 Å². The minimum absolute atomic E-state index is 0. The summed E-state index contributed by atoms with van der Waals surface area (Å²) in [7, 11) is -3.23. The first-order valence-corrected chi connectivity index (χ1v) is 4.64. The van der Waals surface area contributed by atoms with Gasteiger partial charge >= 0.3 is 0 Å². The molecule has 1 aliphatic rings. The molecule has 1 rings (SSSR count). The van der Waals surface area contributed by atoms with Gasteiger partial charge in [0.25, 0.3) is 0 Å². The number of rotatable bonds is 1. The molecule has 0 aromatic rings. The summed E-state index contributed by atoms with van der Waals surface area (Å²) < 4.78 is 26.8. The van der Waals surface area contributed by atoms with Crippen LogP contribution in [0.25, 0.3) is 4.72 Å². The maximum atomic E-state index is 11.0. The zero-order valence-electron chi connectivity index (χ0n) is 6.82. The zero-order valence-corrected chi connectivity index (χ0v) is 14.0. The molecule has 4 nitrogen and oxygen atoms in total. The van der Waals surface area contributed by atoms with Crippen LogP contribution in [0.2, 0.25) is 0 Å². The molecule has 0 unspecified atom stereocenters. The molecule has 0 saturated carbocycles. The van der Waals surface area contributed by atoms with Crippen molar-refractivity contribution in [2.24, 2.45) is 0 Å². The van der Waals surface area contributed by atoms with Crippen LogP contribution in [-0.4, -0.2) is 31.9 Å². The van der Waals surface area contributed by atoms with Crippen molar-refractivity contribution in [2.75, 3.05) is 13.1 Å². The Morgan fingerprint density at radius 2 is 2.00 bits per heavy atom. The molecule has 1 aliphatic heterocycles. The van der Waals surface area contributed by atoms with Crippen molar-refractivity contribution < 1.29 is 8.42 Å². The Morgan fingerprint density at radius 3 is 2.18 bits per heavy atom. The zero-order chi connectivity index (χ0) is 7.78. The summed E-state index contributed by atoms with van der Waals surface area (Å²) in [6.45, 7) is 4.65. The molecular formula is C5H11N2O2RfS-. The minimum Gasteiger partial charge on any atom is -0.534 e. The van der Waals surface area contributed by atoms with Gasteiger partial charge in [0.2, 0.25) is 0 Å². The van der Waals surface area contributed by atoms with Gasteiger partial charge in [-0.05, 0) is 20.4 Å². The molecule has 11 heavy (non-hydrogen) atoms. The molecule has 1 fully saturated rings. The van der Waals surface area contributed by atoms with E-state index in [1.807, 2.05) is 13.8 Å². The first-order valence-electron chi connectivity index (χ1n) is 3.24. The molecule has 0 bridgehead atoms. The van der Waals surface area contributed by atoms with E-state index in [0.717, 1.165) is 0 Å². The summed E-state index contributed by atoms with van der Waals surface area (Å²) in [4.78, 5) is 0. The summed E-state index contributed by atoms with van der Waals surface area (Å²) in [6.07, 6.45) is 0. The van der Waals surface area contributed by atoms with Gasteiger partial charge in [-0.1, -0.05) is 0 Å². The smallest absolute Gasteiger partial charge is 0.137 e. The molecule has 0 aromatic heterocycles. The van der Waals surface area contributed by atoms with Gasteiger partial charge in [0, 0.05) is 6.04 Å². The molecule has 62 valence electrons. The topological polar surface area (TPSA) is 51.5 Å². The number of nitrogens with zero attached hydrogens (tertiary/aromatic N) is 2. The van der Waals surface area contributed by atoms with Gasteiger partial charge in [0.05, 0.1) is 0 Å². The van der Waals surface area contributed by atoms with E-state index < -0.39 is 10.2 Å². The van der Waals surface area contributed by atoms with Crippen molar-refractivity contribution >= 4 is 10.2 Å². The van der Waals surface area contributed by atoms with Gasteiger partial charge in [-0.15, -0.1) is 6.54 Å². The van der Waals surface area contributed by atoms with Crippen molar-refractivity contribution in [3.63, 3.8) is 0 Å². The molecule has 0 spiro atoms. The van der Waals surface area contributed by atoms with Gasteiger partial charge in [-0.2, -0.15) is 0 Å². The van der Waals surface area contributed by atoms with Crippen LogP contribution in [-0.2, 0) is 10.2 Å². The normalized spacial score (nSPS) is 23.5. The largest absolute Gasteiger partial charge is 0.534 e. The summed E-state index contributed by atoms with van der Waals surface area (Å²) in [5.41, 5.74) is 0.